The molecular weight excluding hydrogens is 329 g/mol. The van der Waals surface area contributed by atoms with Crippen LogP contribution in [0.5, 0.6) is 5.75 Å². The highest BCUT2D eigenvalue weighted by Crippen LogP contribution is 2.21. The van der Waals surface area contributed by atoms with E-state index in [-0.39, 0.29) is 24.3 Å². The van der Waals surface area contributed by atoms with Crippen LogP contribution in [0.25, 0.3) is 0 Å². The summed E-state index contributed by atoms with van der Waals surface area (Å²) in [6, 6.07) is 4.15. The molecule has 110 valence electrons. The van der Waals surface area contributed by atoms with E-state index < -0.39 is 11.9 Å². The summed E-state index contributed by atoms with van der Waals surface area (Å²) in [5.74, 6) is -0.837. The first-order chi connectivity index (χ1) is 9.56. The van der Waals surface area contributed by atoms with Crippen LogP contribution < -0.4 is 10.1 Å². The molecule has 1 aliphatic carbocycles. The van der Waals surface area contributed by atoms with E-state index in [1.54, 1.807) is 6.07 Å². The maximum atomic E-state index is 13.5. The number of hydrogen-bond donors (Lipinski definition) is 2. The van der Waals surface area contributed by atoms with Gasteiger partial charge in [0.15, 0.2) is 18.2 Å². The first kappa shape index (κ1) is 15.3. The summed E-state index contributed by atoms with van der Waals surface area (Å²) < 4.78 is 19.2. The topological polar surface area (TPSA) is 58.6 Å². The van der Waals surface area contributed by atoms with E-state index in [2.05, 4.69) is 21.2 Å². The zero-order valence-electron chi connectivity index (χ0n) is 10.9. The molecule has 0 heterocycles. The largest absolute Gasteiger partial charge is 0.481 e. The van der Waals surface area contributed by atoms with Crippen LogP contribution in [0.15, 0.2) is 22.7 Å². The number of ether oxygens (including phenoxy) is 1. The second kappa shape index (κ2) is 7.04. The minimum Gasteiger partial charge on any atom is -0.481 e. The Morgan fingerprint density at radius 3 is 2.90 bits per heavy atom. The molecule has 1 fully saturated rings. The molecule has 1 saturated carbocycles. The quantitative estimate of drug-likeness (QED) is 0.880. The van der Waals surface area contributed by atoms with Gasteiger partial charge in [0.25, 0.3) is 5.91 Å². The Kier molecular flexibility index (Phi) is 5.37. The molecule has 2 unspecified atom stereocenters. The lowest BCUT2D eigenvalue weighted by molar-refractivity contribution is -0.125. The monoisotopic (exact) mass is 345 g/mol. The van der Waals surface area contributed by atoms with Gasteiger partial charge in [-0.3, -0.25) is 4.79 Å². The average molecular weight is 346 g/mol. The van der Waals surface area contributed by atoms with Gasteiger partial charge in [0, 0.05) is 4.47 Å². The number of aliphatic hydroxyl groups excluding tert-OH is 1. The second-order valence-corrected chi connectivity index (χ2v) is 5.80. The molecule has 1 aromatic rings. The lowest BCUT2D eigenvalue weighted by atomic mass is 9.92. The number of rotatable bonds is 4. The van der Waals surface area contributed by atoms with Gasteiger partial charge in [-0.2, -0.15) is 0 Å². The summed E-state index contributed by atoms with van der Waals surface area (Å²) in [5.41, 5.74) is 0. The fourth-order valence-corrected chi connectivity index (χ4v) is 2.60. The van der Waals surface area contributed by atoms with Gasteiger partial charge in [0.1, 0.15) is 0 Å². The molecule has 6 heteroatoms. The summed E-state index contributed by atoms with van der Waals surface area (Å²) in [6.07, 6.45) is 2.93. The molecule has 2 rings (SSSR count). The highest BCUT2D eigenvalue weighted by Gasteiger charge is 2.24. The number of halogens is 2. The highest BCUT2D eigenvalue weighted by molar-refractivity contribution is 9.10. The van der Waals surface area contributed by atoms with Crippen molar-refractivity contribution in [1.29, 1.82) is 0 Å². The molecule has 0 saturated heterocycles. The van der Waals surface area contributed by atoms with Crippen molar-refractivity contribution < 1.29 is 19.0 Å². The third-order valence-corrected chi connectivity index (χ3v) is 3.82. The van der Waals surface area contributed by atoms with Gasteiger partial charge in [0.05, 0.1) is 12.1 Å². The van der Waals surface area contributed by atoms with Gasteiger partial charge < -0.3 is 15.2 Å². The Morgan fingerprint density at radius 2 is 2.20 bits per heavy atom. The number of carbonyl (C=O) groups is 1. The highest BCUT2D eigenvalue weighted by atomic mass is 79.9. The van der Waals surface area contributed by atoms with Crippen LogP contribution in [0, 0.1) is 5.82 Å². The van der Waals surface area contributed by atoms with E-state index >= 15 is 0 Å². The minimum atomic E-state index is -0.523. The van der Waals surface area contributed by atoms with E-state index in [0.29, 0.717) is 10.9 Å². The van der Waals surface area contributed by atoms with E-state index in [4.69, 9.17) is 4.74 Å². The average Bonchev–Trinajstić information content (AvgIpc) is 2.40. The molecule has 0 radical (unpaired) electrons. The standard InChI is InChI=1S/C14H17BrFNO3/c15-9-5-6-13(10(16)7-9)20-8-14(19)17-11-3-1-2-4-12(11)18/h5-7,11-12,18H,1-4,8H2,(H,17,19). The zero-order valence-corrected chi connectivity index (χ0v) is 12.5. The van der Waals surface area contributed by atoms with Gasteiger partial charge in [0.2, 0.25) is 0 Å². The number of aliphatic hydroxyl groups is 1. The molecular formula is C14H17BrFNO3. The van der Waals surface area contributed by atoms with Crippen molar-refractivity contribution >= 4 is 21.8 Å². The SMILES string of the molecule is O=C(COc1ccc(Br)cc1F)NC1CCCCC1O. The van der Waals surface area contributed by atoms with Gasteiger partial charge >= 0.3 is 0 Å². The molecule has 1 aromatic carbocycles. The maximum Gasteiger partial charge on any atom is 0.258 e. The smallest absolute Gasteiger partial charge is 0.258 e. The van der Waals surface area contributed by atoms with Crippen LogP contribution in [-0.4, -0.2) is 29.8 Å². The number of amides is 1. The molecule has 0 aliphatic heterocycles. The number of hydrogen-bond acceptors (Lipinski definition) is 3. The van der Waals surface area contributed by atoms with Crippen molar-refractivity contribution in [3.05, 3.63) is 28.5 Å². The Labute approximate surface area is 125 Å². The van der Waals surface area contributed by atoms with Crippen LogP contribution in [-0.2, 0) is 4.79 Å². The van der Waals surface area contributed by atoms with Gasteiger partial charge in [-0.05, 0) is 31.0 Å². The van der Waals surface area contributed by atoms with Crippen LogP contribution >= 0.6 is 15.9 Å². The summed E-state index contributed by atoms with van der Waals surface area (Å²) in [5, 5.41) is 12.5. The first-order valence-electron chi connectivity index (χ1n) is 6.61. The van der Waals surface area contributed by atoms with E-state index in [1.807, 2.05) is 0 Å². The molecule has 4 nitrogen and oxygen atoms in total. The van der Waals surface area contributed by atoms with Crippen molar-refractivity contribution in [2.75, 3.05) is 6.61 Å². The van der Waals surface area contributed by atoms with Crippen molar-refractivity contribution in [2.45, 2.75) is 37.8 Å². The lowest BCUT2D eigenvalue weighted by Crippen LogP contribution is -2.46. The van der Waals surface area contributed by atoms with Crippen LogP contribution in [0.1, 0.15) is 25.7 Å². The Hall–Kier alpha value is -1.14. The lowest BCUT2D eigenvalue weighted by Gasteiger charge is -2.28. The van der Waals surface area contributed by atoms with Crippen LogP contribution in [0.3, 0.4) is 0 Å². The second-order valence-electron chi connectivity index (χ2n) is 4.89. The van der Waals surface area contributed by atoms with Gasteiger partial charge in [-0.15, -0.1) is 0 Å². The molecule has 0 aromatic heterocycles. The number of carbonyl (C=O) groups excluding carboxylic acids is 1. The zero-order chi connectivity index (χ0) is 14.5. The fraction of sp³-hybridized carbons (Fsp3) is 0.500. The summed E-state index contributed by atoms with van der Waals surface area (Å²) in [4.78, 5) is 11.7. The third kappa shape index (κ3) is 4.18. The predicted octanol–water partition coefficient (Wildman–Crippen LogP) is 2.39. The van der Waals surface area contributed by atoms with Crippen molar-refractivity contribution in [3.63, 3.8) is 0 Å². The van der Waals surface area contributed by atoms with E-state index in [9.17, 15) is 14.3 Å². The van der Waals surface area contributed by atoms with Gasteiger partial charge in [-0.1, -0.05) is 28.8 Å². The van der Waals surface area contributed by atoms with Crippen LogP contribution in [0.4, 0.5) is 4.39 Å². The molecule has 0 bridgehead atoms. The van der Waals surface area contributed by atoms with Crippen molar-refractivity contribution in [2.24, 2.45) is 0 Å². The molecule has 20 heavy (non-hydrogen) atoms. The molecule has 0 spiro atoms. The fourth-order valence-electron chi connectivity index (χ4n) is 2.26. The summed E-state index contributed by atoms with van der Waals surface area (Å²) >= 11 is 3.15. The molecule has 2 N–H and O–H groups in total. The van der Waals surface area contributed by atoms with E-state index in [0.717, 1.165) is 19.3 Å². The molecule has 2 atom stereocenters. The van der Waals surface area contributed by atoms with E-state index in [1.165, 1.54) is 12.1 Å². The normalized spacial score (nSPS) is 22.4. The summed E-state index contributed by atoms with van der Waals surface area (Å²) in [6.45, 7) is -0.262. The molecule has 1 amide bonds. The van der Waals surface area contributed by atoms with Gasteiger partial charge in [-0.25, -0.2) is 4.39 Å². The Morgan fingerprint density at radius 1 is 1.45 bits per heavy atom. The minimum absolute atomic E-state index is 0.0348. The Balaban J connectivity index is 1.82. The number of benzene rings is 1. The summed E-state index contributed by atoms with van der Waals surface area (Å²) in [7, 11) is 0. The third-order valence-electron chi connectivity index (χ3n) is 3.33. The number of nitrogens with one attached hydrogen (secondary N) is 1. The Bertz CT molecular complexity index is 483. The van der Waals surface area contributed by atoms with Crippen LogP contribution in [0.2, 0.25) is 0 Å². The maximum absolute atomic E-state index is 13.5. The predicted molar refractivity (Wildman–Crippen MR) is 76.0 cm³/mol. The first-order valence-corrected chi connectivity index (χ1v) is 7.41. The molecule has 1 aliphatic rings. The van der Waals surface area contributed by atoms with Crippen molar-refractivity contribution in [3.8, 4) is 5.75 Å². The van der Waals surface area contributed by atoms with Crippen molar-refractivity contribution in [1.82, 2.24) is 5.32 Å².